The van der Waals surface area contributed by atoms with Crippen molar-refractivity contribution < 1.29 is 18.8 Å². The summed E-state index contributed by atoms with van der Waals surface area (Å²) in [5.41, 5.74) is 0.453. The lowest BCUT2D eigenvalue weighted by Gasteiger charge is -2.01. The highest BCUT2D eigenvalue weighted by atomic mass is 35.5. The Balaban J connectivity index is 1.98. The van der Waals surface area contributed by atoms with E-state index in [1.807, 2.05) is 0 Å². The van der Waals surface area contributed by atoms with E-state index in [1.165, 1.54) is 36.5 Å². The first-order valence-corrected chi connectivity index (χ1v) is 6.49. The Morgan fingerprint density at radius 3 is 2.68 bits per heavy atom. The van der Waals surface area contributed by atoms with Gasteiger partial charge in [0.25, 0.3) is 5.69 Å². The van der Waals surface area contributed by atoms with Gasteiger partial charge in [0.15, 0.2) is 11.5 Å². The van der Waals surface area contributed by atoms with Crippen LogP contribution in [-0.4, -0.2) is 17.9 Å². The molecule has 0 unspecified atom stereocenters. The normalized spacial score (nSPS) is 12.8. The SMILES string of the molecule is O=[N+]([O-])c1cc2c(cc1C=Nc1ccc(F)c(Cl)c1)OCO2. The van der Waals surface area contributed by atoms with Crippen LogP contribution in [0.25, 0.3) is 0 Å². The van der Waals surface area contributed by atoms with E-state index in [1.54, 1.807) is 0 Å². The van der Waals surface area contributed by atoms with Crippen molar-refractivity contribution in [1.82, 2.24) is 0 Å². The van der Waals surface area contributed by atoms with Crippen molar-refractivity contribution in [2.24, 2.45) is 4.99 Å². The molecule has 22 heavy (non-hydrogen) atoms. The molecule has 0 saturated heterocycles. The summed E-state index contributed by atoms with van der Waals surface area (Å²) in [5.74, 6) is 0.160. The molecule has 0 amide bonds. The van der Waals surface area contributed by atoms with Crippen molar-refractivity contribution in [3.8, 4) is 11.5 Å². The lowest BCUT2D eigenvalue weighted by molar-refractivity contribution is -0.385. The predicted octanol–water partition coefficient (Wildman–Crippen LogP) is 3.87. The minimum Gasteiger partial charge on any atom is -0.454 e. The number of nitro benzene ring substituents is 1. The van der Waals surface area contributed by atoms with Gasteiger partial charge in [-0.1, -0.05) is 11.6 Å². The van der Waals surface area contributed by atoms with Crippen molar-refractivity contribution in [3.63, 3.8) is 0 Å². The topological polar surface area (TPSA) is 74.0 Å². The first kappa shape index (κ1) is 14.3. The molecule has 0 aromatic heterocycles. The van der Waals surface area contributed by atoms with Gasteiger partial charge in [0.1, 0.15) is 5.82 Å². The predicted molar refractivity (Wildman–Crippen MR) is 77.9 cm³/mol. The van der Waals surface area contributed by atoms with Gasteiger partial charge < -0.3 is 9.47 Å². The molecule has 2 aromatic carbocycles. The Morgan fingerprint density at radius 1 is 1.27 bits per heavy atom. The zero-order chi connectivity index (χ0) is 15.7. The number of benzene rings is 2. The fourth-order valence-electron chi connectivity index (χ4n) is 1.92. The molecule has 0 spiro atoms. The number of nitrogens with zero attached hydrogens (tertiary/aromatic N) is 2. The third-order valence-electron chi connectivity index (χ3n) is 2.97. The molecule has 112 valence electrons. The van der Waals surface area contributed by atoms with Gasteiger partial charge in [-0.3, -0.25) is 15.1 Å². The summed E-state index contributed by atoms with van der Waals surface area (Å²) in [4.78, 5) is 14.6. The molecule has 1 aliphatic heterocycles. The number of ether oxygens (including phenoxy) is 2. The van der Waals surface area contributed by atoms with E-state index in [0.717, 1.165) is 0 Å². The standard InChI is InChI=1S/C14H8ClFN2O4/c15-10-4-9(1-2-11(10)16)17-6-8-3-13-14(22-7-21-13)5-12(8)18(19)20/h1-6H,7H2. The molecule has 0 N–H and O–H groups in total. The van der Waals surface area contributed by atoms with Crippen molar-refractivity contribution >= 4 is 29.2 Å². The molecule has 0 radical (unpaired) electrons. The van der Waals surface area contributed by atoms with Gasteiger partial charge in [0.05, 0.1) is 27.3 Å². The second-order valence-corrected chi connectivity index (χ2v) is 4.79. The van der Waals surface area contributed by atoms with E-state index in [2.05, 4.69) is 4.99 Å². The average Bonchev–Trinajstić information content (AvgIpc) is 2.94. The first-order valence-electron chi connectivity index (χ1n) is 6.12. The minimum absolute atomic E-state index is 0.0145. The fourth-order valence-corrected chi connectivity index (χ4v) is 2.09. The van der Waals surface area contributed by atoms with E-state index in [4.69, 9.17) is 21.1 Å². The highest BCUT2D eigenvalue weighted by molar-refractivity contribution is 6.31. The molecule has 0 aliphatic carbocycles. The highest BCUT2D eigenvalue weighted by Gasteiger charge is 2.22. The number of rotatable bonds is 3. The average molecular weight is 323 g/mol. The van der Waals surface area contributed by atoms with E-state index in [0.29, 0.717) is 17.2 Å². The Morgan fingerprint density at radius 2 is 2.00 bits per heavy atom. The molecule has 1 heterocycles. The maximum absolute atomic E-state index is 13.1. The van der Waals surface area contributed by atoms with Crippen LogP contribution in [0.2, 0.25) is 5.02 Å². The zero-order valence-corrected chi connectivity index (χ0v) is 11.7. The molecule has 0 atom stereocenters. The molecule has 8 heteroatoms. The summed E-state index contributed by atoms with van der Waals surface area (Å²) in [6, 6.07) is 6.65. The molecule has 0 fully saturated rings. The lowest BCUT2D eigenvalue weighted by Crippen LogP contribution is -1.94. The zero-order valence-electron chi connectivity index (χ0n) is 11.0. The Bertz CT molecular complexity index is 795. The largest absolute Gasteiger partial charge is 0.454 e. The molecule has 1 aliphatic rings. The number of hydrogen-bond acceptors (Lipinski definition) is 5. The van der Waals surface area contributed by atoms with Gasteiger partial charge in [-0.05, 0) is 24.3 Å². The summed E-state index contributed by atoms with van der Waals surface area (Å²) < 4.78 is 23.4. The fraction of sp³-hybridized carbons (Fsp3) is 0.0714. The maximum Gasteiger partial charge on any atom is 0.282 e. The Kier molecular flexibility index (Phi) is 3.64. The molecule has 0 saturated carbocycles. The Hall–Kier alpha value is -2.67. The molecule has 3 rings (SSSR count). The van der Waals surface area contributed by atoms with Crippen LogP contribution in [0.4, 0.5) is 15.8 Å². The van der Waals surface area contributed by atoms with Gasteiger partial charge in [-0.15, -0.1) is 0 Å². The van der Waals surface area contributed by atoms with Crippen molar-refractivity contribution in [2.75, 3.05) is 6.79 Å². The number of nitro groups is 1. The van der Waals surface area contributed by atoms with Gasteiger partial charge in [-0.25, -0.2) is 4.39 Å². The smallest absolute Gasteiger partial charge is 0.282 e. The number of aliphatic imine (C=N–C) groups is 1. The number of halogens is 2. The van der Waals surface area contributed by atoms with Gasteiger partial charge >= 0.3 is 0 Å². The Labute approximate surface area is 128 Å². The van der Waals surface area contributed by atoms with Crippen LogP contribution >= 0.6 is 11.6 Å². The van der Waals surface area contributed by atoms with Crippen molar-refractivity contribution in [2.45, 2.75) is 0 Å². The van der Waals surface area contributed by atoms with Crippen molar-refractivity contribution in [1.29, 1.82) is 0 Å². The van der Waals surface area contributed by atoms with E-state index < -0.39 is 10.7 Å². The van der Waals surface area contributed by atoms with Gasteiger partial charge in [-0.2, -0.15) is 0 Å². The van der Waals surface area contributed by atoms with Crippen LogP contribution in [-0.2, 0) is 0 Å². The van der Waals surface area contributed by atoms with E-state index in [-0.39, 0.29) is 23.1 Å². The van der Waals surface area contributed by atoms with Crippen LogP contribution in [0, 0.1) is 15.9 Å². The molecular weight excluding hydrogens is 315 g/mol. The molecule has 0 bridgehead atoms. The molecule has 6 nitrogen and oxygen atoms in total. The second kappa shape index (κ2) is 5.61. The number of fused-ring (bicyclic) bond motifs is 1. The summed E-state index contributed by atoms with van der Waals surface area (Å²) >= 11 is 5.66. The van der Waals surface area contributed by atoms with Crippen LogP contribution < -0.4 is 9.47 Å². The monoisotopic (exact) mass is 322 g/mol. The lowest BCUT2D eigenvalue weighted by atomic mass is 10.1. The van der Waals surface area contributed by atoms with E-state index >= 15 is 0 Å². The van der Waals surface area contributed by atoms with Crippen LogP contribution in [0.1, 0.15) is 5.56 Å². The maximum atomic E-state index is 13.1. The molecule has 2 aromatic rings. The van der Waals surface area contributed by atoms with Crippen LogP contribution in [0.3, 0.4) is 0 Å². The number of hydrogen-bond donors (Lipinski definition) is 0. The van der Waals surface area contributed by atoms with E-state index in [9.17, 15) is 14.5 Å². The summed E-state index contributed by atoms with van der Waals surface area (Å²) in [6.45, 7) is 0.0145. The van der Waals surface area contributed by atoms with Crippen LogP contribution in [0.15, 0.2) is 35.3 Å². The van der Waals surface area contributed by atoms with Crippen molar-refractivity contribution in [3.05, 3.63) is 56.8 Å². The minimum atomic E-state index is -0.560. The first-order chi connectivity index (χ1) is 10.5. The third-order valence-corrected chi connectivity index (χ3v) is 3.26. The summed E-state index contributed by atoms with van der Waals surface area (Å²) in [7, 11) is 0. The third kappa shape index (κ3) is 2.71. The second-order valence-electron chi connectivity index (χ2n) is 4.38. The highest BCUT2D eigenvalue weighted by Crippen LogP contribution is 2.37. The summed E-state index contributed by atoms with van der Waals surface area (Å²) in [6.07, 6.45) is 1.30. The molecular formula is C14H8ClFN2O4. The van der Waals surface area contributed by atoms with Gasteiger partial charge in [0.2, 0.25) is 6.79 Å². The summed E-state index contributed by atoms with van der Waals surface area (Å²) in [5, 5.41) is 11.0. The quantitative estimate of drug-likeness (QED) is 0.488. The van der Waals surface area contributed by atoms with Crippen LogP contribution in [0.5, 0.6) is 11.5 Å². The van der Waals surface area contributed by atoms with Gasteiger partial charge in [0, 0.05) is 6.21 Å².